The molecule has 0 radical (unpaired) electrons. The molecule has 0 aliphatic heterocycles. The summed E-state index contributed by atoms with van der Waals surface area (Å²) in [6.07, 6.45) is 6.36. The van der Waals surface area contributed by atoms with Crippen LogP contribution in [-0.2, 0) is 6.54 Å². The molecule has 0 bridgehead atoms. The van der Waals surface area contributed by atoms with Gasteiger partial charge in [0.15, 0.2) is 0 Å². The number of rotatable bonds is 10. The maximum Gasteiger partial charge on any atom is 0.0241 e. The van der Waals surface area contributed by atoms with Crippen molar-refractivity contribution in [3.8, 4) is 0 Å². The number of nitrogens with zero attached hydrogens (tertiary/aromatic N) is 1. The van der Waals surface area contributed by atoms with Crippen LogP contribution < -0.4 is 5.73 Å². The Bertz CT molecular complexity index is 362. The van der Waals surface area contributed by atoms with E-state index in [4.69, 9.17) is 5.73 Å². The zero-order valence-electron chi connectivity index (χ0n) is 12.9. The van der Waals surface area contributed by atoms with Gasteiger partial charge >= 0.3 is 0 Å². The predicted octanol–water partition coefficient (Wildman–Crippen LogP) is 4.43. The Kier molecular flexibility index (Phi) is 9.16. The Hall–Kier alpha value is -0.380. The van der Waals surface area contributed by atoms with Gasteiger partial charge < -0.3 is 10.6 Å². The van der Waals surface area contributed by atoms with E-state index in [1.165, 1.54) is 42.1 Å². The highest BCUT2D eigenvalue weighted by Crippen LogP contribution is 2.19. The van der Waals surface area contributed by atoms with Gasteiger partial charge in [0.1, 0.15) is 0 Å². The maximum absolute atomic E-state index is 5.69. The van der Waals surface area contributed by atoms with E-state index in [2.05, 4.69) is 59.1 Å². The fraction of sp³-hybridized carbons (Fsp3) is 0.647. The van der Waals surface area contributed by atoms with Crippen LogP contribution in [0.25, 0.3) is 0 Å². The molecule has 0 aliphatic rings. The minimum absolute atomic E-state index is 0.821. The molecule has 0 heterocycles. The first-order valence-electron chi connectivity index (χ1n) is 7.79. The van der Waals surface area contributed by atoms with Crippen molar-refractivity contribution < 1.29 is 0 Å². The molecule has 3 heteroatoms. The Balaban J connectivity index is 2.29. The molecule has 20 heavy (non-hydrogen) atoms. The van der Waals surface area contributed by atoms with Crippen LogP contribution >= 0.6 is 15.9 Å². The smallest absolute Gasteiger partial charge is 0.0241 e. The summed E-state index contributed by atoms with van der Waals surface area (Å²) in [4.78, 5) is 2.41. The molecule has 1 aromatic rings. The summed E-state index contributed by atoms with van der Waals surface area (Å²) in [5.74, 6) is 0.821. The number of hydrogen-bond donors (Lipinski definition) is 1. The van der Waals surface area contributed by atoms with Gasteiger partial charge in [-0.05, 0) is 56.9 Å². The summed E-state index contributed by atoms with van der Waals surface area (Å²) in [6.45, 7) is 5.27. The van der Waals surface area contributed by atoms with Gasteiger partial charge in [-0.2, -0.15) is 0 Å². The average molecular weight is 341 g/mol. The minimum atomic E-state index is 0.821. The zero-order valence-corrected chi connectivity index (χ0v) is 14.5. The van der Waals surface area contributed by atoms with Gasteiger partial charge in [-0.15, -0.1) is 0 Å². The van der Waals surface area contributed by atoms with Gasteiger partial charge in [0.25, 0.3) is 0 Å². The minimum Gasteiger partial charge on any atom is -0.330 e. The van der Waals surface area contributed by atoms with Crippen molar-refractivity contribution in [3.63, 3.8) is 0 Å². The Morgan fingerprint density at radius 3 is 2.60 bits per heavy atom. The highest BCUT2D eigenvalue weighted by atomic mass is 79.9. The molecule has 0 aromatic heterocycles. The summed E-state index contributed by atoms with van der Waals surface area (Å²) in [5.41, 5.74) is 7.06. The van der Waals surface area contributed by atoms with Crippen LogP contribution in [0, 0.1) is 5.92 Å². The lowest BCUT2D eigenvalue weighted by Gasteiger charge is -2.20. The lowest BCUT2D eigenvalue weighted by molar-refractivity contribution is 0.297. The summed E-state index contributed by atoms with van der Waals surface area (Å²) in [5, 5.41) is 0. The van der Waals surface area contributed by atoms with Crippen LogP contribution in [0.15, 0.2) is 28.7 Å². The topological polar surface area (TPSA) is 29.3 Å². The van der Waals surface area contributed by atoms with E-state index in [1.807, 2.05) is 0 Å². The highest BCUT2D eigenvalue weighted by Gasteiger charge is 2.08. The Morgan fingerprint density at radius 2 is 1.95 bits per heavy atom. The molecule has 0 saturated carbocycles. The molecule has 1 aromatic carbocycles. The molecule has 1 rings (SSSR count). The van der Waals surface area contributed by atoms with E-state index >= 15 is 0 Å². The van der Waals surface area contributed by atoms with E-state index in [1.54, 1.807) is 0 Å². The molecule has 0 saturated heterocycles. The summed E-state index contributed by atoms with van der Waals surface area (Å²) in [7, 11) is 2.21. The van der Waals surface area contributed by atoms with Crippen LogP contribution in [0.3, 0.4) is 0 Å². The molecule has 114 valence electrons. The first kappa shape index (κ1) is 17.7. The van der Waals surface area contributed by atoms with Gasteiger partial charge in [-0.3, -0.25) is 0 Å². The second-order valence-electron chi connectivity index (χ2n) is 5.70. The SMILES string of the molecule is CCCC(CCN)CCCN(C)Cc1ccccc1Br. The first-order valence-corrected chi connectivity index (χ1v) is 8.58. The van der Waals surface area contributed by atoms with E-state index in [9.17, 15) is 0 Å². The summed E-state index contributed by atoms with van der Waals surface area (Å²) >= 11 is 3.62. The lowest BCUT2D eigenvalue weighted by atomic mass is 9.94. The van der Waals surface area contributed by atoms with Crippen molar-refractivity contribution in [1.82, 2.24) is 4.90 Å². The number of halogens is 1. The molecule has 2 nitrogen and oxygen atoms in total. The third-order valence-electron chi connectivity index (χ3n) is 3.82. The number of nitrogens with two attached hydrogens (primary N) is 1. The first-order chi connectivity index (χ1) is 9.67. The van der Waals surface area contributed by atoms with Crippen molar-refractivity contribution in [3.05, 3.63) is 34.3 Å². The lowest BCUT2D eigenvalue weighted by Crippen LogP contribution is -2.20. The van der Waals surface area contributed by atoms with E-state index < -0.39 is 0 Å². The average Bonchev–Trinajstić information content (AvgIpc) is 2.42. The van der Waals surface area contributed by atoms with E-state index in [-0.39, 0.29) is 0 Å². The molecule has 0 aliphatic carbocycles. The van der Waals surface area contributed by atoms with Crippen LogP contribution in [0.5, 0.6) is 0 Å². The standard InChI is InChI=1S/C17H29BrN2/c1-3-7-15(11-12-19)8-6-13-20(2)14-16-9-4-5-10-17(16)18/h4-5,9-10,15H,3,6-8,11-14,19H2,1-2H3. The summed E-state index contributed by atoms with van der Waals surface area (Å²) in [6, 6.07) is 8.47. The molecule has 1 unspecified atom stereocenters. The zero-order chi connectivity index (χ0) is 14.8. The molecular formula is C17H29BrN2. The summed E-state index contributed by atoms with van der Waals surface area (Å²) < 4.78 is 1.21. The molecule has 0 amide bonds. The van der Waals surface area contributed by atoms with Gasteiger partial charge in [0.2, 0.25) is 0 Å². The van der Waals surface area contributed by atoms with Gasteiger partial charge in [0.05, 0.1) is 0 Å². The van der Waals surface area contributed by atoms with Crippen molar-refractivity contribution in [2.75, 3.05) is 20.1 Å². The molecule has 0 spiro atoms. The normalized spacial score (nSPS) is 12.8. The van der Waals surface area contributed by atoms with Crippen molar-refractivity contribution >= 4 is 15.9 Å². The van der Waals surface area contributed by atoms with Crippen LogP contribution in [0.2, 0.25) is 0 Å². The van der Waals surface area contributed by atoms with Gasteiger partial charge in [-0.1, -0.05) is 53.9 Å². The van der Waals surface area contributed by atoms with Gasteiger partial charge in [-0.25, -0.2) is 0 Å². The Labute approximate surface area is 132 Å². The van der Waals surface area contributed by atoms with Crippen LogP contribution in [-0.4, -0.2) is 25.0 Å². The van der Waals surface area contributed by atoms with Crippen molar-refractivity contribution in [1.29, 1.82) is 0 Å². The van der Waals surface area contributed by atoms with Crippen LogP contribution in [0.1, 0.15) is 44.6 Å². The fourth-order valence-corrected chi connectivity index (χ4v) is 3.13. The second kappa shape index (κ2) is 10.4. The molecule has 2 N–H and O–H groups in total. The second-order valence-corrected chi connectivity index (χ2v) is 6.56. The van der Waals surface area contributed by atoms with E-state index in [0.29, 0.717) is 0 Å². The highest BCUT2D eigenvalue weighted by molar-refractivity contribution is 9.10. The third-order valence-corrected chi connectivity index (χ3v) is 4.60. The molecular weight excluding hydrogens is 312 g/mol. The largest absolute Gasteiger partial charge is 0.330 e. The Morgan fingerprint density at radius 1 is 1.20 bits per heavy atom. The number of benzene rings is 1. The van der Waals surface area contributed by atoms with Gasteiger partial charge in [0, 0.05) is 11.0 Å². The van der Waals surface area contributed by atoms with Crippen LogP contribution in [0.4, 0.5) is 0 Å². The number of hydrogen-bond acceptors (Lipinski definition) is 2. The molecule has 0 fully saturated rings. The fourth-order valence-electron chi connectivity index (χ4n) is 2.72. The maximum atomic E-state index is 5.69. The van der Waals surface area contributed by atoms with Crippen molar-refractivity contribution in [2.45, 2.75) is 45.6 Å². The monoisotopic (exact) mass is 340 g/mol. The van der Waals surface area contributed by atoms with E-state index in [0.717, 1.165) is 25.6 Å². The van der Waals surface area contributed by atoms with Crippen molar-refractivity contribution in [2.24, 2.45) is 11.7 Å². The quantitative estimate of drug-likeness (QED) is 0.682. The predicted molar refractivity (Wildman–Crippen MR) is 91.8 cm³/mol. The molecule has 1 atom stereocenters. The third kappa shape index (κ3) is 6.87.